The van der Waals surface area contributed by atoms with E-state index >= 15 is 0 Å². The van der Waals surface area contributed by atoms with Crippen molar-refractivity contribution in [2.75, 3.05) is 24.5 Å². The molecule has 94 valence electrons. The van der Waals surface area contributed by atoms with Crippen molar-refractivity contribution >= 4 is 5.69 Å². The van der Waals surface area contributed by atoms with E-state index in [4.69, 9.17) is 0 Å². The van der Waals surface area contributed by atoms with Gasteiger partial charge in [-0.3, -0.25) is 0 Å². The molecule has 1 unspecified atom stereocenters. The first-order chi connectivity index (χ1) is 8.19. The van der Waals surface area contributed by atoms with Gasteiger partial charge in [0, 0.05) is 37.4 Å². The number of halogens is 2. The highest BCUT2D eigenvalue weighted by Gasteiger charge is 2.19. The fourth-order valence-electron chi connectivity index (χ4n) is 2.32. The summed E-state index contributed by atoms with van der Waals surface area (Å²) in [6, 6.07) is 4.13. The van der Waals surface area contributed by atoms with Crippen LogP contribution in [0, 0.1) is 11.6 Å². The summed E-state index contributed by atoms with van der Waals surface area (Å²) in [4.78, 5) is 2.04. The summed E-state index contributed by atoms with van der Waals surface area (Å²) >= 11 is 0. The van der Waals surface area contributed by atoms with E-state index in [-0.39, 0.29) is 0 Å². The predicted octanol–water partition coefficient (Wildman–Crippen LogP) is 2.54. The summed E-state index contributed by atoms with van der Waals surface area (Å²) in [5, 5.41) is 3.42. The standard InChI is InChI=1S/C13H18F2N2/c1-2-3-12-9-17(5-4-16-12)13-7-10(14)6-11(15)8-13/h6-8,12,16H,2-5,9H2,1H3. The molecular weight excluding hydrogens is 222 g/mol. The minimum Gasteiger partial charge on any atom is -0.369 e. The Hall–Kier alpha value is -1.16. The van der Waals surface area contributed by atoms with E-state index in [1.54, 1.807) is 0 Å². The third-order valence-corrected chi connectivity index (χ3v) is 3.11. The van der Waals surface area contributed by atoms with Crippen molar-refractivity contribution in [3.63, 3.8) is 0 Å². The van der Waals surface area contributed by atoms with Crippen molar-refractivity contribution in [2.24, 2.45) is 0 Å². The highest BCUT2D eigenvalue weighted by molar-refractivity contribution is 5.47. The molecule has 2 rings (SSSR count). The summed E-state index contributed by atoms with van der Waals surface area (Å²) < 4.78 is 26.3. The first kappa shape index (κ1) is 12.3. The number of nitrogens with zero attached hydrogens (tertiary/aromatic N) is 1. The molecule has 4 heteroatoms. The second-order valence-electron chi connectivity index (χ2n) is 4.51. The molecule has 0 amide bonds. The molecule has 1 aromatic rings. The first-order valence-corrected chi connectivity index (χ1v) is 6.13. The van der Waals surface area contributed by atoms with E-state index in [1.165, 1.54) is 12.1 Å². The lowest BCUT2D eigenvalue weighted by Crippen LogP contribution is -2.50. The lowest BCUT2D eigenvalue weighted by molar-refractivity contribution is 0.430. The maximum atomic E-state index is 13.1. The molecule has 2 nitrogen and oxygen atoms in total. The van der Waals surface area contributed by atoms with Crippen LogP contribution in [0.3, 0.4) is 0 Å². The number of hydrogen-bond donors (Lipinski definition) is 1. The molecule has 1 aromatic carbocycles. The molecule has 0 radical (unpaired) electrons. The van der Waals surface area contributed by atoms with Crippen LogP contribution >= 0.6 is 0 Å². The van der Waals surface area contributed by atoms with Crippen molar-refractivity contribution in [2.45, 2.75) is 25.8 Å². The monoisotopic (exact) mass is 240 g/mol. The van der Waals surface area contributed by atoms with Gasteiger partial charge < -0.3 is 10.2 Å². The van der Waals surface area contributed by atoms with Gasteiger partial charge in [-0.25, -0.2) is 8.78 Å². The SMILES string of the molecule is CCCC1CN(c2cc(F)cc(F)c2)CCN1. The molecule has 0 bridgehead atoms. The van der Waals surface area contributed by atoms with Gasteiger partial charge in [-0.2, -0.15) is 0 Å². The molecule has 0 aliphatic carbocycles. The van der Waals surface area contributed by atoms with E-state index < -0.39 is 11.6 Å². The van der Waals surface area contributed by atoms with E-state index in [0.29, 0.717) is 11.7 Å². The van der Waals surface area contributed by atoms with Gasteiger partial charge in [0.05, 0.1) is 0 Å². The van der Waals surface area contributed by atoms with Crippen LogP contribution in [-0.4, -0.2) is 25.7 Å². The predicted molar refractivity (Wildman–Crippen MR) is 65.3 cm³/mol. The molecule has 1 heterocycles. The minimum absolute atomic E-state index is 0.417. The van der Waals surface area contributed by atoms with Crippen LogP contribution in [-0.2, 0) is 0 Å². The van der Waals surface area contributed by atoms with Crippen LogP contribution in [0.1, 0.15) is 19.8 Å². The maximum absolute atomic E-state index is 13.1. The Morgan fingerprint density at radius 3 is 2.65 bits per heavy atom. The van der Waals surface area contributed by atoms with Crippen LogP contribution in [0.2, 0.25) is 0 Å². The fraction of sp³-hybridized carbons (Fsp3) is 0.538. The third-order valence-electron chi connectivity index (χ3n) is 3.11. The van der Waals surface area contributed by atoms with E-state index in [2.05, 4.69) is 12.2 Å². The Morgan fingerprint density at radius 1 is 1.29 bits per heavy atom. The second-order valence-corrected chi connectivity index (χ2v) is 4.51. The van der Waals surface area contributed by atoms with Gasteiger partial charge in [0.15, 0.2) is 0 Å². The molecule has 1 saturated heterocycles. The number of benzene rings is 1. The van der Waals surface area contributed by atoms with Crippen molar-refractivity contribution in [3.05, 3.63) is 29.8 Å². The van der Waals surface area contributed by atoms with Gasteiger partial charge >= 0.3 is 0 Å². The van der Waals surface area contributed by atoms with Crippen LogP contribution in [0.4, 0.5) is 14.5 Å². The second kappa shape index (κ2) is 5.45. The van der Waals surface area contributed by atoms with E-state index in [1.807, 2.05) is 4.90 Å². The maximum Gasteiger partial charge on any atom is 0.128 e. The molecule has 0 aromatic heterocycles. The molecular formula is C13H18F2N2. The number of rotatable bonds is 3. The van der Waals surface area contributed by atoms with Crippen molar-refractivity contribution in [1.29, 1.82) is 0 Å². The van der Waals surface area contributed by atoms with Crippen molar-refractivity contribution in [3.8, 4) is 0 Å². The van der Waals surface area contributed by atoms with Gasteiger partial charge in [-0.05, 0) is 18.6 Å². The summed E-state index contributed by atoms with van der Waals surface area (Å²) in [6.07, 6.45) is 2.21. The zero-order chi connectivity index (χ0) is 12.3. The van der Waals surface area contributed by atoms with Crippen LogP contribution in [0.25, 0.3) is 0 Å². The Bertz CT molecular complexity index is 359. The van der Waals surface area contributed by atoms with Gasteiger partial charge in [-0.15, -0.1) is 0 Å². The van der Waals surface area contributed by atoms with Gasteiger partial charge in [0.25, 0.3) is 0 Å². The summed E-state index contributed by atoms with van der Waals surface area (Å²) in [7, 11) is 0. The molecule has 1 fully saturated rings. The first-order valence-electron chi connectivity index (χ1n) is 6.13. The zero-order valence-electron chi connectivity index (χ0n) is 10.0. The molecule has 1 aliphatic heterocycles. The van der Waals surface area contributed by atoms with Gasteiger partial charge in [0.1, 0.15) is 11.6 Å². The summed E-state index contributed by atoms with van der Waals surface area (Å²) in [6.45, 7) is 4.62. The summed E-state index contributed by atoms with van der Waals surface area (Å²) in [5.74, 6) is -1.02. The fourth-order valence-corrected chi connectivity index (χ4v) is 2.32. The van der Waals surface area contributed by atoms with Gasteiger partial charge in [0.2, 0.25) is 0 Å². The number of nitrogens with one attached hydrogen (secondary N) is 1. The molecule has 1 N–H and O–H groups in total. The third kappa shape index (κ3) is 3.16. The Kier molecular flexibility index (Phi) is 3.94. The van der Waals surface area contributed by atoms with Crippen LogP contribution in [0.15, 0.2) is 18.2 Å². The largest absolute Gasteiger partial charge is 0.369 e. The van der Waals surface area contributed by atoms with E-state index in [0.717, 1.165) is 38.5 Å². The van der Waals surface area contributed by atoms with Crippen molar-refractivity contribution in [1.82, 2.24) is 5.32 Å². The minimum atomic E-state index is -0.509. The number of piperazine rings is 1. The Balaban J connectivity index is 2.10. The Labute approximate surface area is 101 Å². The number of anilines is 1. The lowest BCUT2D eigenvalue weighted by Gasteiger charge is -2.35. The van der Waals surface area contributed by atoms with E-state index in [9.17, 15) is 8.78 Å². The van der Waals surface area contributed by atoms with Gasteiger partial charge in [-0.1, -0.05) is 13.3 Å². The Morgan fingerprint density at radius 2 is 2.00 bits per heavy atom. The van der Waals surface area contributed by atoms with Crippen LogP contribution in [0.5, 0.6) is 0 Å². The molecule has 17 heavy (non-hydrogen) atoms. The van der Waals surface area contributed by atoms with Crippen LogP contribution < -0.4 is 10.2 Å². The average Bonchev–Trinajstić information content (AvgIpc) is 2.28. The topological polar surface area (TPSA) is 15.3 Å². The number of hydrogen-bond acceptors (Lipinski definition) is 2. The highest BCUT2D eigenvalue weighted by Crippen LogP contribution is 2.20. The smallest absolute Gasteiger partial charge is 0.128 e. The zero-order valence-corrected chi connectivity index (χ0v) is 10.0. The average molecular weight is 240 g/mol. The normalized spacial score (nSPS) is 20.6. The van der Waals surface area contributed by atoms with Crippen molar-refractivity contribution < 1.29 is 8.78 Å². The molecule has 1 aliphatic rings. The molecule has 0 saturated carbocycles. The lowest BCUT2D eigenvalue weighted by atomic mass is 10.1. The highest BCUT2D eigenvalue weighted by atomic mass is 19.1. The molecule has 0 spiro atoms. The molecule has 1 atom stereocenters. The quantitative estimate of drug-likeness (QED) is 0.873. The summed E-state index contributed by atoms with van der Waals surface area (Å²) in [5.41, 5.74) is 0.644.